The van der Waals surface area contributed by atoms with E-state index in [0.717, 1.165) is 17.1 Å². The number of nitrogen functional groups attached to an aromatic ring is 1. The number of nitrogens with two attached hydrogens (primary N) is 1. The Morgan fingerprint density at radius 1 is 1.44 bits per heavy atom. The quantitative estimate of drug-likeness (QED) is 0.768. The molecule has 0 bridgehead atoms. The Hall–Kier alpha value is -2.17. The van der Waals surface area contributed by atoms with Crippen molar-refractivity contribution >= 4 is 11.4 Å². The predicted octanol–water partition coefficient (Wildman–Crippen LogP) is 1.88. The molecule has 0 fully saturated rings. The Kier molecular flexibility index (Phi) is 2.95. The highest BCUT2D eigenvalue weighted by molar-refractivity contribution is 5.59. The van der Waals surface area contributed by atoms with Crippen molar-refractivity contribution in [2.75, 3.05) is 18.2 Å². The van der Waals surface area contributed by atoms with Gasteiger partial charge in [-0.15, -0.1) is 0 Å². The lowest BCUT2D eigenvalue weighted by atomic mass is 10.2. The van der Waals surface area contributed by atoms with Crippen LogP contribution in [0.2, 0.25) is 0 Å². The second-order valence-electron chi connectivity index (χ2n) is 3.34. The van der Waals surface area contributed by atoms with E-state index in [1.165, 1.54) is 6.26 Å². The molecular weight excluding hydrogens is 206 g/mol. The topological polar surface area (TPSA) is 73.3 Å². The van der Waals surface area contributed by atoms with Crippen molar-refractivity contribution < 1.29 is 9.26 Å². The SMILES string of the molecule is COc1cc(N)cc(NCc2ccon2)c1. The fourth-order valence-corrected chi connectivity index (χ4v) is 1.36. The summed E-state index contributed by atoms with van der Waals surface area (Å²) in [5, 5.41) is 6.98. The van der Waals surface area contributed by atoms with E-state index in [-0.39, 0.29) is 0 Å². The van der Waals surface area contributed by atoms with Gasteiger partial charge in [-0.2, -0.15) is 0 Å². The Balaban J connectivity index is 2.06. The third kappa shape index (κ3) is 2.44. The van der Waals surface area contributed by atoms with E-state index in [2.05, 4.69) is 10.5 Å². The largest absolute Gasteiger partial charge is 0.497 e. The Morgan fingerprint density at radius 2 is 2.31 bits per heavy atom. The third-order valence-electron chi connectivity index (χ3n) is 2.13. The number of hydrogen-bond acceptors (Lipinski definition) is 5. The number of benzene rings is 1. The van der Waals surface area contributed by atoms with Gasteiger partial charge in [-0.3, -0.25) is 0 Å². The maximum Gasteiger partial charge on any atom is 0.124 e. The minimum absolute atomic E-state index is 0.586. The van der Waals surface area contributed by atoms with Crippen molar-refractivity contribution in [1.29, 1.82) is 0 Å². The molecule has 1 aromatic heterocycles. The molecule has 5 nitrogen and oxygen atoms in total. The highest BCUT2D eigenvalue weighted by Gasteiger charge is 2.00. The van der Waals surface area contributed by atoms with E-state index in [0.29, 0.717) is 12.2 Å². The van der Waals surface area contributed by atoms with Crippen molar-refractivity contribution in [3.63, 3.8) is 0 Å². The molecule has 5 heteroatoms. The van der Waals surface area contributed by atoms with Gasteiger partial charge >= 0.3 is 0 Å². The molecule has 0 spiro atoms. The van der Waals surface area contributed by atoms with Crippen molar-refractivity contribution in [2.24, 2.45) is 0 Å². The predicted molar refractivity (Wildman–Crippen MR) is 61.2 cm³/mol. The standard InChI is InChI=1S/C11H13N3O2/c1-15-11-5-8(12)4-10(6-11)13-7-9-2-3-16-14-9/h2-6,13H,7,12H2,1H3. The summed E-state index contributed by atoms with van der Waals surface area (Å²) in [6.45, 7) is 0.586. The van der Waals surface area contributed by atoms with Gasteiger partial charge < -0.3 is 20.3 Å². The molecule has 0 aliphatic heterocycles. The number of rotatable bonds is 4. The molecule has 2 aromatic rings. The fourth-order valence-electron chi connectivity index (χ4n) is 1.36. The first-order chi connectivity index (χ1) is 7.78. The summed E-state index contributed by atoms with van der Waals surface area (Å²) in [6.07, 6.45) is 1.54. The maximum atomic E-state index is 5.73. The van der Waals surface area contributed by atoms with Gasteiger partial charge in [0.05, 0.1) is 13.7 Å². The second kappa shape index (κ2) is 4.57. The molecule has 0 atom stereocenters. The molecule has 16 heavy (non-hydrogen) atoms. The van der Waals surface area contributed by atoms with Gasteiger partial charge in [0, 0.05) is 29.6 Å². The molecule has 1 heterocycles. The van der Waals surface area contributed by atoms with Gasteiger partial charge in [0.25, 0.3) is 0 Å². The Bertz CT molecular complexity index is 454. The normalized spacial score (nSPS) is 10.1. The van der Waals surface area contributed by atoms with Crippen LogP contribution in [0.25, 0.3) is 0 Å². The molecule has 0 radical (unpaired) electrons. The van der Waals surface area contributed by atoms with Crippen LogP contribution in [0, 0.1) is 0 Å². The van der Waals surface area contributed by atoms with Crippen molar-refractivity contribution in [2.45, 2.75) is 6.54 Å². The van der Waals surface area contributed by atoms with Gasteiger partial charge in [-0.25, -0.2) is 0 Å². The van der Waals surface area contributed by atoms with Gasteiger partial charge in [0.2, 0.25) is 0 Å². The molecule has 0 unspecified atom stereocenters. The highest BCUT2D eigenvalue weighted by atomic mass is 16.5. The summed E-state index contributed by atoms with van der Waals surface area (Å²) in [5.74, 6) is 0.725. The zero-order chi connectivity index (χ0) is 11.4. The Labute approximate surface area is 93.2 Å². The molecule has 1 aromatic carbocycles. The molecule has 0 saturated heterocycles. The summed E-state index contributed by atoms with van der Waals surface area (Å²) in [5.41, 5.74) is 8.11. The first kappa shape index (κ1) is 10.4. The molecular formula is C11H13N3O2. The van der Waals surface area contributed by atoms with Gasteiger partial charge in [0.15, 0.2) is 0 Å². The fraction of sp³-hybridized carbons (Fsp3) is 0.182. The molecule has 0 aliphatic carbocycles. The number of nitrogens with one attached hydrogen (secondary N) is 1. The van der Waals surface area contributed by atoms with E-state index < -0.39 is 0 Å². The van der Waals surface area contributed by atoms with Crippen LogP contribution in [0.5, 0.6) is 5.75 Å². The zero-order valence-corrected chi connectivity index (χ0v) is 8.93. The molecule has 0 saturated carbocycles. The third-order valence-corrected chi connectivity index (χ3v) is 2.13. The number of hydrogen-bond donors (Lipinski definition) is 2. The number of anilines is 2. The summed E-state index contributed by atoms with van der Waals surface area (Å²) in [4.78, 5) is 0. The van der Waals surface area contributed by atoms with Crippen LogP contribution in [0.4, 0.5) is 11.4 Å². The van der Waals surface area contributed by atoms with Gasteiger partial charge in [-0.1, -0.05) is 5.16 Å². The lowest BCUT2D eigenvalue weighted by Gasteiger charge is -2.08. The van der Waals surface area contributed by atoms with E-state index in [1.54, 1.807) is 19.2 Å². The minimum Gasteiger partial charge on any atom is -0.497 e. The molecule has 0 aliphatic rings. The lowest BCUT2D eigenvalue weighted by Crippen LogP contribution is -2.00. The van der Waals surface area contributed by atoms with E-state index >= 15 is 0 Å². The van der Waals surface area contributed by atoms with Crippen LogP contribution in [-0.4, -0.2) is 12.3 Å². The van der Waals surface area contributed by atoms with Crippen molar-refractivity contribution in [1.82, 2.24) is 5.16 Å². The molecule has 3 N–H and O–H groups in total. The molecule has 84 valence electrons. The average Bonchev–Trinajstić information content (AvgIpc) is 2.78. The van der Waals surface area contributed by atoms with E-state index in [9.17, 15) is 0 Å². The van der Waals surface area contributed by atoms with Crippen molar-refractivity contribution in [3.05, 3.63) is 36.2 Å². The Morgan fingerprint density at radius 3 is 3.00 bits per heavy atom. The first-order valence-corrected chi connectivity index (χ1v) is 4.85. The average molecular weight is 219 g/mol. The van der Waals surface area contributed by atoms with Crippen LogP contribution in [-0.2, 0) is 6.54 Å². The minimum atomic E-state index is 0.586. The summed E-state index contributed by atoms with van der Waals surface area (Å²) in [6, 6.07) is 7.27. The smallest absolute Gasteiger partial charge is 0.124 e. The van der Waals surface area contributed by atoms with Crippen LogP contribution < -0.4 is 15.8 Å². The number of ether oxygens (including phenoxy) is 1. The lowest BCUT2D eigenvalue weighted by molar-refractivity contribution is 0.412. The second-order valence-corrected chi connectivity index (χ2v) is 3.34. The van der Waals surface area contributed by atoms with E-state index in [4.69, 9.17) is 15.0 Å². The number of methoxy groups -OCH3 is 1. The summed E-state index contributed by atoms with van der Waals surface area (Å²) in [7, 11) is 1.61. The summed E-state index contributed by atoms with van der Waals surface area (Å²) < 4.78 is 9.85. The van der Waals surface area contributed by atoms with Crippen molar-refractivity contribution in [3.8, 4) is 5.75 Å². The highest BCUT2D eigenvalue weighted by Crippen LogP contribution is 2.22. The maximum absolute atomic E-state index is 5.73. The van der Waals surface area contributed by atoms with Crippen LogP contribution in [0.1, 0.15) is 5.69 Å². The van der Waals surface area contributed by atoms with Crippen LogP contribution in [0.15, 0.2) is 35.1 Å². The molecule has 2 rings (SSSR count). The van der Waals surface area contributed by atoms with Crippen LogP contribution in [0.3, 0.4) is 0 Å². The monoisotopic (exact) mass is 219 g/mol. The van der Waals surface area contributed by atoms with Gasteiger partial charge in [0.1, 0.15) is 17.7 Å². The molecule has 0 amide bonds. The first-order valence-electron chi connectivity index (χ1n) is 4.85. The summed E-state index contributed by atoms with van der Waals surface area (Å²) >= 11 is 0. The zero-order valence-electron chi connectivity index (χ0n) is 8.93. The van der Waals surface area contributed by atoms with E-state index in [1.807, 2.05) is 12.1 Å². The number of nitrogens with zero attached hydrogens (tertiary/aromatic N) is 1. The van der Waals surface area contributed by atoms with Gasteiger partial charge in [-0.05, 0) is 6.07 Å². The number of aromatic nitrogens is 1. The van der Waals surface area contributed by atoms with Crippen LogP contribution >= 0.6 is 0 Å².